The summed E-state index contributed by atoms with van der Waals surface area (Å²) in [5.74, 6) is 2.30. The van der Waals surface area contributed by atoms with E-state index in [0.29, 0.717) is 5.92 Å². The molecule has 2 nitrogen and oxygen atoms in total. The highest BCUT2D eigenvalue weighted by atomic mass is 79.9. The van der Waals surface area contributed by atoms with Crippen LogP contribution in [0.25, 0.3) is 0 Å². The second kappa shape index (κ2) is 7.30. The van der Waals surface area contributed by atoms with Gasteiger partial charge in [-0.3, -0.25) is 0 Å². The predicted molar refractivity (Wildman–Crippen MR) is 83.9 cm³/mol. The first-order valence-electron chi connectivity index (χ1n) is 7.30. The average molecular weight is 326 g/mol. The SMILES string of the molecule is CC(C)c1ccc(OCC[C@@H]2CCCNC2)c(Br)c1. The molecule has 0 radical (unpaired) electrons. The lowest BCUT2D eigenvalue weighted by Crippen LogP contribution is -2.30. The first-order chi connectivity index (χ1) is 9.16. The number of halogens is 1. The molecule has 0 spiro atoms. The fourth-order valence-electron chi connectivity index (χ4n) is 2.50. The van der Waals surface area contributed by atoms with Gasteiger partial charge in [-0.25, -0.2) is 0 Å². The highest BCUT2D eigenvalue weighted by molar-refractivity contribution is 9.10. The normalized spacial score (nSPS) is 19.7. The van der Waals surface area contributed by atoms with Crippen molar-refractivity contribution in [3.05, 3.63) is 28.2 Å². The summed E-state index contributed by atoms with van der Waals surface area (Å²) < 4.78 is 6.97. The van der Waals surface area contributed by atoms with Gasteiger partial charge >= 0.3 is 0 Å². The number of ether oxygens (including phenoxy) is 1. The maximum atomic E-state index is 5.90. The zero-order valence-electron chi connectivity index (χ0n) is 11.9. The van der Waals surface area contributed by atoms with E-state index < -0.39 is 0 Å². The molecule has 0 bridgehead atoms. The molecule has 0 aromatic heterocycles. The van der Waals surface area contributed by atoms with Crippen LogP contribution in [0.15, 0.2) is 22.7 Å². The van der Waals surface area contributed by atoms with Crippen molar-refractivity contribution in [3.8, 4) is 5.75 Å². The number of benzene rings is 1. The average Bonchev–Trinajstić information content (AvgIpc) is 2.41. The number of nitrogens with one attached hydrogen (secondary N) is 1. The molecule has 1 aliphatic heterocycles. The zero-order valence-corrected chi connectivity index (χ0v) is 13.5. The van der Waals surface area contributed by atoms with Crippen LogP contribution >= 0.6 is 15.9 Å². The Labute approximate surface area is 125 Å². The third kappa shape index (κ3) is 4.50. The van der Waals surface area contributed by atoms with E-state index in [1.165, 1.54) is 24.9 Å². The highest BCUT2D eigenvalue weighted by Crippen LogP contribution is 2.29. The molecule has 1 aromatic carbocycles. The molecule has 1 fully saturated rings. The first-order valence-corrected chi connectivity index (χ1v) is 8.09. The van der Waals surface area contributed by atoms with E-state index >= 15 is 0 Å². The van der Waals surface area contributed by atoms with E-state index in [9.17, 15) is 0 Å². The summed E-state index contributed by atoms with van der Waals surface area (Å²) in [5.41, 5.74) is 1.34. The maximum absolute atomic E-state index is 5.90. The van der Waals surface area contributed by atoms with Crippen LogP contribution in [0.5, 0.6) is 5.75 Å². The summed E-state index contributed by atoms with van der Waals surface area (Å²) in [6, 6.07) is 6.41. The quantitative estimate of drug-likeness (QED) is 0.869. The van der Waals surface area contributed by atoms with Crippen LogP contribution in [-0.4, -0.2) is 19.7 Å². The van der Waals surface area contributed by atoms with Gasteiger partial charge in [0.05, 0.1) is 11.1 Å². The van der Waals surface area contributed by atoms with Gasteiger partial charge in [-0.05, 0) is 77.8 Å². The number of rotatable bonds is 5. The molecule has 1 N–H and O–H groups in total. The molecular formula is C16H24BrNO. The van der Waals surface area contributed by atoms with Crippen molar-refractivity contribution in [1.82, 2.24) is 5.32 Å². The molecule has 106 valence electrons. The smallest absolute Gasteiger partial charge is 0.133 e. The molecule has 0 saturated carbocycles. The van der Waals surface area contributed by atoms with Crippen LogP contribution in [0.2, 0.25) is 0 Å². The molecule has 1 saturated heterocycles. The predicted octanol–water partition coefficient (Wildman–Crippen LogP) is 4.34. The van der Waals surface area contributed by atoms with Gasteiger partial charge in [-0.1, -0.05) is 19.9 Å². The summed E-state index contributed by atoms with van der Waals surface area (Å²) in [6.45, 7) is 7.55. The van der Waals surface area contributed by atoms with E-state index in [1.807, 2.05) is 0 Å². The third-order valence-corrected chi connectivity index (χ3v) is 4.42. The Morgan fingerprint density at radius 2 is 2.26 bits per heavy atom. The topological polar surface area (TPSA) is 21.3 Å². The largest absolute Gasteiger partial charge is 0.492 e. The van der Waals surface area contributed by atoms with Gasteiger partial charge in [0.1, 0.15) is 5.75 Å². The fraction of sp³-hybridized carbons (Fsp3) is 0.625. The standard InChI is InChI=1S/C16H24BrNO/c1-12(2)14-5-6-16(15(17)10-14)19-9-7-13-4-3-8-18-11-13/h5-6,10,12-13,18H,3-4,7-9,11H2,1-2H3/t13-/m0/s1. The van der Waals surface area contributed by atoms with Crippen molar-refractivity contribution in [3.63, 3.8) is 0 Å². The number of hydrogen-bond acceptors (Lipinski definition) is 2. The molecule has 0 unspecified atom stereocenters. The minimum absolute atomic E-state index is 0.554. The van der Waals surface area contributed by atoms with Gasteiger partial charge < -0.3 is 10.1 Å². The molecule has 0 aliphatic carbocycles. The minimum atomic E-state index is 0.554. The van der Waals surface area contributed by atoms with E-state index in [4.69, 9.17) is 4.74 Å². The lowest BCUT2D eigenvalue weighted by Gasteiger charge is -2.22. The van der Waals surface area contributed by atoms with Crippen LogP contribution in [0.4, 0.5) is 0 Å². The van der Waals surface area contributed by atoms with Gasteiger partial charge in [0.25, 0.3) is 0 Å². The Balaban J connectivity index is 1.82. The maximum Gasteiger partial charge on any atom is 0.133 e. The van der Waals surface area contributed by atoms with E-state index in [0.717, 1.165) is 35.7 Å². The summed E-state index contributed by atoms with van der Waals surface area (Å²) >= 11 is 3.60. The van der Waals surface area contributed by atoms with Crippen LogP contribution < -0.4 is 10.1 Å². The lowest BCUT2D eigenvalue weighted by molar-refractivity contribution is 0.253. The monoisotopic (exact) mass is 325 g/mol. The molecule has 0 amide bonds. The van der Waals surface area contributed by atoms with Crippen molar-refractivity contribution < 1.29 is 4.74 Å². The van der Waals surface area contributed by atoms with Crippen molar-refractivity contribution >= 4 is 15.9 Å². The first kappa shape index (κ1) is 14.9. The summed E-state index contributed by atoms with van der Waals surface area (Å²) in [6.07, 6.45) is 3.78. The molecule has 1 heterocycles. The molecule has 3 heteroatoms. The van der Waals surface area contributed by atoms with Crippen LogP contribution in [0.1, 0.15) is 44.6 Å². The summed E-state index contributed by atoms with van der Waals surface area (Å²) in [4.78, 5) is 0. The van der Waals surface area contributed by atoms with Crippen molar-refractivity contribution in [2.45, 2.75) is 39.0 Å². The third-order valence-electron chi connectivity index (χ3n) is 3.81. The van der Waals surface area contributed by atoms with Gasteiger partial charge in [0, 0.05) is 0 Å². The molecule has 1 aromatic rings. The summed E-state index contributed by atoms with van der Waals surface area (Å²) in [5, 5.41) is 3.45. The van der Waals surface area contributed by atoms with Crippen molar-refractivity contribution in [2.75, 3.05) is 19.7 Å². The number of hydrogen-bond donors (Lipinski definition) is 1. The van der Waals surface area contributed by atoms with Gasteiger partial charge in [-0.15, -0.1) is 0 Å². The Morgan fingerprint density at radius 1 is 1.42 bits per heavy atom. The fourth-order valence-corrected chi connectivity index (χ4v) is 3.01. The molecule has 2 rings (SSSR count). The Morgan fingerprint density at radius 3 is 2.89 bits per heavy atom. The Hall–Kier alpha value is -0.540. The summed E-state index contributed by atoms with van der Waals surface area (Å²) in [7, 11) is 0. The zero-order chi connectivity index (χ0) is 13.7. The van der Waals surface area contributed by atoms with Crippen LogP contribution in [0, 0.1) is 5.92 Å². The van der Waals surface area contributed by atoms with E-state index in [2.05, 4.69) is 53.3 Å². The molecule has 1 atom stereocenters. The number of piperidine rings is 1. The molecule has 19 heavy (non-hydrogen) atoms. The molecular weight excluding hydrogens is 302 g/mol. The molecule has 1 aliphatic rings. The lowest BCUT2D eigenvalue weighted by atomic mass is 9.97. The van der Waals surface area contributed by atoms with E-state index in [1.54, 1.807) is 0 Å². The van der Waals surface area contributed by atoms with Crippen molar-refractivity contribution in [2.24, 2.45) is 5.92 Å². The van der Waals surface area contributed by atoms with Gasteiger partial charge in [-0.2, -0.15) is 0 Å². The van der Waals surface area contributed by atoms with E-state index in [-0.39, 0.29) is 0 Å². The minimum Gasteiger partial charge on any atom is -0.492 e. The van der Waals surface area contributed by atoms with Gasteiger partial charge in [0.15, 0.2) is 0 Å². The second-order valence-electron chi connectivity index (χ2n) is 5.69. The second-order valence-corrected chi connectivity index (χ2v) is 6.55. The van der Waals surface area contributed by atoms with Crippen LogP contribution in [0.3, 0.4) is 0 Å². The Kier molecular flexibility index (Phi) is 5.71. The Bertz CT molecular complexity index is 400. The van der Waals surface area contributed by atoms with Crippen LogP contribution in [-0.2, 0) is 0 Å². The van der Waals surface area contributed by atoms with Crippen molar-refractivity contribution in [1.29, 1.82) is 0 Å². The van der Waals surface area contributed by atoms with Gasteiger partial charge in [0.2, 0.25) is 0 Å². The highest BCUT2D eigenvalue weighted by Gasteiger charge is 2.13.